The summed E-state index contributed by atoms with van der Waals surface area (Å²) < 4.78 is 4.76. The number of hydrogen-bond donors (Lipinski definition) is 1. The Morgan fingerprint density at radius 1 is 1.31 bits per heavy atom. The average molecular weight is 575 g/mol. The van der Waals surface area contributed by atoms with Gasteiger partial charge in [-0.15, -0.1) is 24.9 Å². The minimum atomic E-state index is -0.877. The van der Waals surface area contributed by atoms with Gasteiger partial charge in [-0.2, -0.15) is 0 Å². The maximum Gasteiger partial charge on any atom is 0.310 e. The third-order valence-electron chi connectivity index (χ3n) is 8.32. The van der Waals surface area contributed by atoms with E-state index >= 15 is 0 Å². The second kappa shape index (κ2) is 12.1. The zero-order valence-corrected chi connectivity index (χ0v) is 24.5. The highest BCUT2D eigenvalue weighted by molar-refractivity contribution is 8.02. The molecule has 2 amide bonds. The molecule has 0 aliphatic carbocycles. The molecule has 7 nitrogen and oxygen atoms in total. The number of fused-ring (bicyclic) bond motifs is 1. The summed E-state index contributed by atoms with van der Waals surface area (Å²) in [6.07, 6.45) is 5.08. The van der Waals surface area contributed by atoms with E-state index in [4.69, 9.17) is 16.3 Å². The molecular weight excluding hydrogens is 536 g/mol. The summed E-state index contributed by atoms with van der Waals surface area (Å²) in [6, 6.07) is 5.67. The summed E-state index contributed by atoms with van der Waals surface area (Å²) in [4.78, 5) is 45.7. The molecule has 7 atom stereocenters. The molecule has 4 rings (SSSR count). The minimum absolute atomic E-state index is 0.00663. The van der Waals surface area contributed by atoms with E-state index in [1.54, 1.807) is 51.9 Å². The molecule has 212 valence electrons. The number of carbonyl (C=O) groups is 3. The Morgan fingerprint density at radius 2 is 2.03 bits per heavy atom. The van der Waals surface area contributed by atoms with Gasteiger partial charge in [0.2, 0.25) is 5.91 Å². The van der Waals surface area contributed by atoms with Crippen molar-refractivity contribution < 1.29 is 24.2 Å². The van der Waals surface area contributed by atoms with E-state index < -0.39 is 34.6 Å². The summed E-state index contributed by atoms with van der Waals surface area (Å²) in [5, 5.41) is 10.8. The standard InChI is InChI=1S/C30H39ClN2O5S/c1-6-8-14-38-29(37)24-23-16-19(5)30(39-23)25(24)27(35)33(20(17-34)15-18(3)4)26(30)28(36)32(13-7-2)22-12-10-9-11-21(22)31/h6-7,9-12,18-20,23-26,34H,1-2,8,13-17H2,3-5H3/t19?,20-,23+,24-,25+,26?,30?/m1/s1. The molecular formula is C30H39ClN2O5S. The predicted molar refractivity (Wildman–Crippen MR) is 156 cm³/mol. The van der Waals surface area contributed by atoms with Crippen LogP contribution in [0.15, 0.2) is 49.6 Å². The van der Waals surface area contributed by atoms with Crippen LogP contribution >= 0.6 is 23.4 Å². The molecule has 3 aliphatic rings. The Kier molecular flexibility index (Phi) is 9.19. The van der Waals surface area contributed by atoms with Gasteiger partial charge in [0.05, 0.1) is 46.5 Å². The predicted octanol–water partition coefficient (Wildman–Crippen LogP) is 4.72. The first kappa shape index (κ1) is 29.7. The van der Waals surface area contributed by atoms with Gasteiger partial charge in [0.15, 0.2) is 0 Å². The molecule has 1 aromatic rings. The lowest BCUT2D eigenvalue weighted by Crippen LogP contribution is -2.59. The van der Waals surface area contributed by atoms with Crippen LogP contribution in [0.25, 0.3) is 0 Å². The van der Waals surface area contributed by atoms with Crippen LogP contribution in [0, 0.1) is 23.7 Å². The molecule has 1 aromatic carbocycles. The maximum absolute atomic E-state index is 14.7. The molecule has 2 bridgehead atoms. The summed E-state index contributed by atoms with van der Waals surface area (Å²) in [6.45, 7) is 13.8. The van der Waals surface area contributed by atoms with Crippen LogP contribution in [-0.2, 0) is 19.1 Å². The van der Waals surface area contributed by atoms with E-state index in [0.29, 0.717) is 30.0 Å². The summed E-state index contributed by atoms with van der Waals surface area (Å²) >= 11 is 8.14. The SMILES string of the molecule is C=CCCOC(=O)[C@@H]1[C@@H]2CC(C)C3(S2)C(C(=O)N(CC=C)c2ccccc2Cl)N([C@@H](CO)CC(C)C)C(=O)[C@H]13. The van der Waals surface area contributed by atoms with Gasteiger partial charge in [-0.25, -0.2) is 0 Å². The second-order valence-electron chi connectivity index (χ2n) is 11.2. The summed E-state index contributed by atoms with van der Waals surface area (Å²) in [5.74, 6) is -2.10. The van der Waals surface area contributed by atoms with E-state index in [1.165, 1.54) is 0 Å². The van der Waals surface area contributed by atoms with Crippen LogP contribution in [0.3, 0.4) is 0 Å². The summed E-state index contributed by atoms with van der Waals surface area (Å²) in [5.41, 5.74) is 0.534. The number of amides is 2. The monoisotopic (exact) mass is 574 g/mol. The highest BCUT2D eigenvalue weighted by Gasteiger charge is 2.77. The number of benzene rings is 1. The fourth-order valence-electron chi connectivity index (χ4n) is 6.81. The summed E-state index contributed by atoms with van der Waals surface area (Å²) in [7, 11) is 0. The van der Waals surface area contributed by atoms with Crippen LogP contribution in [0.1, 0.15) is 40.0 Å². The zero-order valence-electron chi connectivity index (χ0n) is 22.9. The number of hydrogen-bond acceptors (Lipinski definition) is 6. The Bertz CT molecular complexity index is 1130. The smallest absolute Gasteiger partial charge is 0.310 e. The van der Waals surface area contributed by atoms with Crippen molar-refractivity contribution in [2.45, 2.75) is 62.1 Å². The first-order chi connectivity index (χ1) is 18.6. The molecule has 3 saturated heterocycles. The number of anilines is 1. The van der Waals surface area contributed by atoms with Gasteiger partial charge in [0, 0.05) is 11.8 Å². The first-order valence-electron chi connectivity index (χ1n) is 13.7. The number of likely N-dealkylation sites (tertiary alicyclic amines) is 1. The molecule has 0 radical (unpaired) electrons. The number of nitrogens with zero attached hydrogens (tertiary/aromatic N) is 2. The Balaban J connectivity index is 1.84. The Morgan fingerprint density at radius 3 is 2.64 bits per heavy atom. The molecule has 9 heteroatoms. The number of rotatable bonds is 12. The fraction of sp³-hybridized carbons (Fsp3) is 0.567. The van der Waals surface area contributed by atoms with Crippen molar-refractivity contribution in [3.63, 3.8) is 0 Å². The van der Waals surface area contributed by atoms with Crippen LogP contribution < -0.4 is 4.90 Å². The van der Waals surface area contributed by atoms with Gasteiger partial charge >= 0.3 is 5.97 Å². The van der Waals surface area contributed by atoms with E-state index in [2.05, 4.69) is 20.1 Å². The minimum Gasteiger partial charge on any atom is -0.465 e. The molecule has 3 unspecified atom stereocenters. The highest BCUT2D eigenvalue weighted by Crippen LogP contribution is 2.69. The Hall–Kier alpha value is -2.29. The lowest BCUT2D eigenvalue weighted by atomic mass is 9.66. The molecule has 1 spiro atoms. The number of halogens is 1. The third-order valence-corrected chi connectivity index (χ3v) is 10.7. The van der Waals surface area contributed by atoms with Crippen molar-refractivity contribution >= 4 is 46.8 Å². The van der Waals surface area contributed by atoms with Gasteiger partial charge in [-0.1, -0.05) is 56.7 Å². The van der Waals surface area contributed by atoms with Crippen molar-refractivity contribution in [1.82, 2.24) is 4.90 Å². The zero-order chi connectivity index (χ0) is 28.5. The van der Waals surface area contributed by atoms with Gasteiger partial charge < -0.3 is 19.6 Å². The average Bonchev–Trinajstić information content (AvgIpc) is 3.49. The van der Waals surface area contributed by atoms with Crippen molar-refractivity contribution in [3.05, 3.63) is 54.6 Å². The van der Waals surface area contributed by atoms with E-state index in [1.807, 2.05) is 19.9 Å². The topological polar surface area (TPSA) is 87.2 Å². The normalized spacial score (nSPS) is 29.8. The second-order valence-corrected chi connectivity index (χ2v) is 13.2. The number of para-hydroxylation sites is 1. The molecule has 3 aliphatic heterocycles. The van der Waals surface area contributed by atoms with E-state index in [-0.39, 0.29) is 48.7 Å². The van der Waals surface area contributed by atoms with Crippen molar-refractivity contribution in [3.8, 4) is 0 Å². The fourth-order valence-corrected chi connectivity index (χ4v) is 9.44. The number of aliphatic hydroxyl groups is 1. The van der Waals surface area contributed by atoms with Crippen LogP contribution in [0.5, 0.6) is 0 Å². The molecule has 1 N–H and O–H groups in total. The van der Waals surface area contributed by atoms with Crippen LogP contribution in [-0.4, -0.2) is 69.6 Å². The molecule has 3 fully saturated rings. The van der Waals surface area contributed by atoms with E-state index in [9.17, 15) is 19.5 Å². The molecule has 0 saturated carbocycles. The molecule has 3 heterocycles. The number of aliphatic hydroxyl groups excluding tert-OH is 1. The molecule has 0 aromatic heterocycles. The van der Waals surface area contributed by atoms with Crippen molar-refractivity contribution in [2.24, 2.45) is 23.7 Å². The van der Waals surface area contributed by atoms with Gasteiger partial charge in [0.25, 0.3) is 5.91 Å². The van der Waals surface area contributed by atoms with Gasteiger partial charge in [-0.05, 0) is 43.2 Å². The van der Waals surface area contributed by atoms with Crippen LogP contribution in [0.4, 0.5) is 5.69 Å². The van der Waals surface area contributed by atoms with Crippen LogP contribution in [0.2, 0.25) is 5.02 Å². The van der Waals surface area contributed by atoms with Gasteiger partial charge in [-0.3, -0.25) is 14.4 Å². The first-order valence-corrected chi connectivity index (χ1v) is 14.9. The lowest BCUT2D eigenvalue weighted by molar-refractivity contribution is -0.155. The number of carbonyl (C=O) groups excluding carboxylic acids is 3. The van der Waals surface area contributed by atoms with E-state index in [0.717, 1.165) is 0 Å². The van der Waals surface area contributed by atoms with Crippen molar-refractivity contribution in [2.75, 3.05) is 24.7 Å². The number of ether oxygens (including phenoxy) is 1. The lowest BCUT2D eigenvalue weighted by Gasteiger charge is -2.42. The maximum atomic E-state index is 14.7. The highest BCUT2D eigenvalue weighted by atomic mass is 35.5. The largest absolute Gasteiger partial charge is 0.465 e. The third kappa shape index (κ3) is 5.04. The quantitative estimate of drug-likeness (QED) is 0.221. The Labute approximate surface area is 240 Å². The molecule has 39 heavy (non-hydrogen) atoms. The van der Waals surface area contributed by atoms with Gasteiger partial charge in [0.1, 0.15) is 6.04 Å². The van der Waals surface area contributed by atoms with Crippen molar-refractivity contribution in [1.29, 1.82) is 0 Å². The number of thioether (sulfide) groups is 1. The number of esters is 1.